The molecule has 0 spiro atoms. The minimum atomic E-state index is -0.475. The highest BCUT2D eigenvalue weighted by atomic mass is 32.1. The van der Waals surface area contributed by atoms with Gasteiger partial charge in [0.05, 0.1) is 12.7 Å². The van der Waals surface area contributed by atoms with Crippen LogP contribution in [-0.2, 0) is 17.2 Å². The van der Waals surface area contributed by atoms with E-state index in [9.17, 15) is 9.59 Å². The third-order valence-corrected chi connectivity index (χ3v) is 5.38. The van der Waals surface area contributed by atoms with Gasteiger partial charge in [0.15, 0.2) is 4.80 Å². The second kappa shape index (κ2) is 6.73. The number of methoxy groups -OCH3 is 1. The fourth-order valence-electron chi connectivity index (χ4n) is 2.37. The maximum absolute atomic E-state index is 12.5. The number of thiazole rings is 1. The number of ether oxygens (including phenoxy) is 1. The molecule has 0 radical (unpaired) electrons. The highest BCUT2D eigenvalue weighted by Gasteiger charge is 2.21. The van der Waals surface area contributed by atoms with Crippen LogP contribution < -0.4 is 4.80 Å². The molecule has 0 aliphatic carbocycles. The monoisotopic (exact) mass is 346 g/mol. The van der Waals surface area contributed by atoms with Crippen LogP contribution in [0.2, 0.25) is 0 Å². The number of benzene rings is 1. The number of hydrogen-bond donors (Lipinski definition) is 0. The maximum atomic E-state index is 12.5. The average Bonchev–Trinajstić information content (AvgIpc) is 2.82. The summed E-state index contributed by atoms with van der Waals surface area (Å²) in [4.78, 5) is 30.1. The molecule has 128 valence electrons. The zero-order chi connectivity index (χ0) is 18.1. The molecule has 2 rings (SSSR count). The van der Waals surface area contributed by atoms with E-state index in [1.54, 1.807) is 18.2 Å². The molecular formula is C18H22N2O3S. The second-order valence-electron chi connectivity index (χ2n) is 6.60. The van der Waals surface area contributed by atoms with Gasteiger partial charge in [0.2, 0.25) is 0 Å². The summed E-state index contributed by atoms with van der Waals surface area (Å²) in [5.41, 5.74) is 1.79. The summed E-state index contributed by atoms with van der Waals surface area (Å²) in [7, 11) is 3.21. The Morgan fingerprint density at radius 2 is 1.83 bits per heavy atom. The van der Waals surface area contributed by atoms with Crippen molar-refractivity contribution >= 4 is 23.2 Å². The van der Waals surface area contributed by atoms with E-state index in [1.165, 1.54) is 29.4 Å². The van der Waals surface area contributed by atoms with Crippen molar-refractivity contribution in [3.05, 3.63) is 50.8 Å². The molecule has 0 N–H and O–H groups in total. The van der Waals surface area contributed by atoms with Crippen molar-refractivity contribution in [2.75, 3.05) is 7.11 Å². The predicted octanol–water partition coefficient (Wildman–Crippen LogP) is 3.22. The molecule has 0 unspecified atom stereocenters. The summed E-state index contributed by atoms with van der Waals surface area (Å²) >= 11 is 1.51. The van der Waals surface area contributed by atoms with E-state index < -0.39 is 5.97 Å². The van der Waals surface area contributed by atoms with E-state index >= 15 is 0 Å². The lowest BCUT2D eigenvalue weighted by Gasteiger charge is -2.17. The third kappa shape index (κ3) is 3.64. The molecule has 0 atom stereocenters. The first-order valence-corrected chi connectivity index (χ1v) is 8.41. The standard InChI is InChI=1S/C18H22N2O3S/c1-11-14(18(2,3)4)24-17(20(11)5)19-15(21)12-8-7-9-13(10-12)16(22)23-6/h7-10H,1-6H3/b19-17-. The van der Waals surface area contributed by atoms with Gasteiger partial charge in [0.25, 0.3) is 5.91 Å². The number of hydrogen-bond acceptors (Lipinski definition) is 4. The number of carbonyl (C=O) groups is 2. The van der Waals surface area contributed by atoms with Crippen LogP contribution in [0.5, 0.6) is 0 Å². The molecule has 1 aromatic carbocycles. The van der Waals surface area contributed by atoms with Gasteiger partial charge in [-0.25, -0.2) is 4.79 Å². The summed E-state index contributed by atoms with van der Waals surface area (Å²) in [6.07, 6.45) is 0. The van der Waals surface area contributed by atoms with Gasteiger partial charge in [0, 0.05) is 23.2 Å². The third-order valence-electron chi connectivity index (χ3n) is 3.72. The number of amides is 1. The molecule has 2 aromatic rings. The molecule has 0 saturated heterocycles. The largest absolute Gasteiger partial charge is 0.465 e. The molecule has 0 aliphatic rings. The molecule has 0 bridgehead atoms. The highest BCUT2D eigenvalue weighted by molar-refractivity contribution is 7.09. The molecule has 24 heavy (non-hydrogen) atoms. The first kappa shape index (κ1) is 18.1. The number of aromatic nitrogens is 1. The van der Waals surface area contributed by atoms with Gasteiger partial charge in [-0.15, -0.1) is 11.3 Å². The Balaban J connectivity index is 2.46. The summed E-state index contributed by atoms with van der Waals surface area (Å²) < 4.78 is 6.61. The quantitative estimate of drug-likeness (QED) is 0.785. The van der Waals surface area contributed by atoms with E-state index in [4.69, 9.17) is 0 Å². The van der Waals surface area contributed by atoms with Crippen molar-refractivity contribution in [3.63, 3.8) is 0 Å². The van der Waals surface area contributed by atoms with Crippen molar-refractivity contribution in [3.8, 4) is 0 Å². The van der Waals surface area contributed by atoms with Crippen LogP contribution in [0.1, 0.15) is 52.1 Å². The Kier molecular flexibility index (Phi) is 5.08. The Bertz CT molecular complexity index is 854. The fraction of sp³-hybridized carbons (Fsp3) is 0.389. The Hall–Kier alpha value is -2.21. The molecular weight excluding hydrogens is 324 g/mol. The fourth-order valence-corrected chi connectivity index (χ4v) is 3.55. The lowest BCUT2D eigenvalue weighted by atomic mass is 9.93. The van der Waals surface area contributed by atoms with Crippen LogP contribution in [0.3, 0.4) is 0 Å². The van der Waals surface area contributed by atoms with Crippen LogP contribution >= 0.6 is 11.3 Å². The minimum Gasteiger partial charge on any atom is -0.465 e. The topological polar surface area (TPSA) is 60.7 Å². The average molecular weight is 346 g/mol. The molecule has 6 heteroatoms. The molecule has 5 nitrogen and oxygen atoms in total. The van der Waals surface area contributed by atoms with Gasteiger partial charge in [0.1, 0.15) is 0 Å². The summed E-state index contributed by atoms with van der Waals surface area (Å²) in [5, 5.41) is 0. The molecule has 1 aromatic heterocycles. The van der Waals surface area contributed by atoms with E-state index in [2.05, 4.69) is 30.5 Å². The first-order valence-electron chi connectivity index (χ1n) is 7.59. The Morgan fingerprint density at radius 3 is 2.38 bits per heavy atom. The van der Waals surface area contributed by atoms with Crippen LogP contribution in [0.25, 0.3) is 0 Å². The maximum Gasteiger partial charge on any atom is 0.337 e. The van der Waals surface area contributed by atoms with Crippen LogP contribution in [0.4, 0.5) is 0 Å². The summed E-state index contributed by atoms with van der Waals surface area (Å²) in [6.45, 7) is 8.43. The number of nitrogens with zero attached hydrogens (tertiary/aromatic N) is 2. The van der Waals surface area contributed by atoms with E-state index in [0.717, 1.165) is 5.69 Å². The minimum absolute atomic E-state index is 0.00583. The van der Waals surface area contributed by atoms with Gasteiger partial charge >= 0.3 is 5.97 Å². The smallest absolute Gasteiger partial charge is 0.337 e. The number of carbonyl (C=O) groups excluding carboxylic acids is 2. The molecule has 0 fully saturated rings. The van der Waals surface area contributed by atoms with Gasteiger partial charge in [-0.1, -0.05) is 26.8 Å². The lowest BCUT2D eigenvalue weighted by Crippen LogP contribution is -2.15. The van der Waals surface area contributed by atoms with Crippen molar-refractivity contribution in [2.45, 2.75) is 33.1 Å². The lowest BCUT2D eigenvalue weighted by molar-refractivity contribution is 0.0600. The summed E-state index contributed by atoms with van der Waals surface area (Å²) in [6, 6.07) is 6.40. The van der Waals surface area contributed by atoms with E-state index in [0.29, 0.717) is 15.9 Å². The van der Waals surface area contributed by atoms with Crippen LogP contribution in [0, 0.1) is 6.92 Å². The van der Waals surface area contributed by atoms with Gasteiger partial charge in [-0.05, 0) is 30.5 Å². The van der Waals surface area contributed by atoms with Crippen molar-refractivity contribution in [2.24, 2.45) is 12.0 Å². The molecule has 0 aliphatic heterocycles. The Morgan fingerprint density at radius 1 is 1.21 bits per heavy atom. The Labute approximate surface area is 145 Å². The van der Waals surface area contributed by atoms with Gasteiger partial charge in [-0.3, -0.25) is 4.79 Å². The summed E-state index contributed by atoms with van der Waals surface area (Å²) in [5.74, 6) is -0.852. The van der Waals surface area contributed by atoms with Crippen LogP contribution in [-0.4, -0.2) is 23.6 Å². The number of rotatable bonds is 2. The van der Waals surface area contributed by atoms with Crippen LogP contribution in [0.15, 0.2) is 29.3 Å². The molecule has 1 amide bonds. The second-order valence-corrected chi connectivity index (χ2v) is 7.58. The molecule has 0 saturated carbocycles. The van der Waals surface area contributed by atoms with Gasteiger partial charge < -0.3 is 9.30 Å². The predicted molar refractivity (Wildman–Crippen MR) is 94.4 cm³/mol. The van der Waals surface area contributed by atoms with Gasteiger partial charge in [-0.2, -0.15) is 4.99 Å². The zero-order valence-electron chi connectivity index (χ0n) is 14.8. The van der Waals surface area contributed by atoms with E-state index in [1.807, 2.05) is 18.5 Å². The van der Waals surface area contributed by atoms with Crippen molar-refractivity contribution < 1.29 is 14.3 Å². The number of esters is 1. The van der Waals surface area contributed by atoms with Crippen molar-refractivity contribution in [1.29, 1.82) is 0 Å². The normalized spacial score (nSPS) is 12.3. The van der Waals surface area contributed by atoms with E-state index in [-0.39, 0.29) is 11.3 Å². The van der Waals surface area contributed by atoms with Crippen molar-refractivity contribution in [1.82, 2.24) is 4.57 Å². The molecule has 1 heterocycles. The highest BCUT2D eigenvalue weighted by Crippen LogP contribution is 2.27. The first-order chi connectivity index (χ1) is 11.1. The SMILES string of the molecule is COC(=O)c1cccc(C(=O)/N=c2\sc(C(C)(C)C)c(C)n2C)c1. The zero-order valence-corrected chi connectivity index (χ0v) is 15.7.